The first-order valence-corrected chi connectivity index (χ1v) is 7.40. The van der Waals surface area contributed by atoms with E-state index in [1.165, 1.54) is 12.1 Å². The zero-order valence-electron chi connectivity index (χ0n) is 11.1. The zero-order valence-corrected chi connectivity index (χ0v) is 12.6. The van der Waals surface area contributed by atoms with Crippen molar-refractivity contribution in [3.63, 3.8) is 0 Å². The van der Waals surface area contributed by atoms with Gasteiger partial charge in [-0.25, -0.2) is 8.78 Å². The number of piperidine rings is 1. The number of benzene rings is 1. The van der Waals surface area contributed by atoms with Crippen LogP contribution in [0.15, 0.2) is 16.6 Å². The number of nitrogens with zero attached hydrogens (tertiary/aromatic N) is 1. The summed E-state index contributed by atoms with van der Waals surface area (Å²) in [7, 11) is 1.96. The first-order chi connectivity index (χ1) is 9.11. The Morgan fingerprint density at radius 1 is 1.32 bits per heavy atom. The normalized spacial score (nSPS) is 17.9. The van der Waals surface area contributed by atoms with Gasteiger partial charge in [0.05, 0.1) is 4.47 Å². The third-order valence-electron chi connectivity index (χ3n) is 3.72. The summed E-state index contributed by atoms with van der Waals surface area (Å²) in [4.78, 5) is 2.13. The van der Waals surface area contributed by atoms with E-state index < -0.39 is 11.6 Å². The fourth-order valence-electron chi connectivity index (χ4n) is 2.57. The summed E-state index contributed by atoms with van der Waals surface area (Å²) < 4.78 is 27.9. The molecule has 0 bridgehead atoms. The van der Waals surface area contributed by atoms with Gasteiger partial charge in [0.15, 0.2) is 0 Å². The molecule has 1 saturated heterocycles. The van der Waals surface area contributed by atoms with Gasteiger partial charge in [0.25, 0.3) is 0 Å². The smallest absolute Gasteiger partial charge is 0.144 e. The van der Waals surface area contributed by atoms with Crippen LogP contribution in [0.4, 0.5) is 8.78 Å². The monoisotopic (exact) mass is 332 g/mol. The highest BCUT2D eigenvalue weighted by atomic mass is 79.9. The van der Waals surface area contributed by atoms with Gasteiger partial charge in [0, 0.05) is 12.1 Å². The third-order valence-corrected chi connectivity index (χ3v) is 4.33. The summed E-state index contributed by atoms with van der Waals surface area (Å²) in [5.74, 6) is -0.256. The summed E-state index contributed by atoms with van der Waals surface area (Å²) in [6.45, 7) is 3.17. The fraction of sp³-hybridized carbons (Fsp3) is 0.571. The lowest BCUT2D eigenvalue weighted by atomic mass is 9.96. The van der Waals surface area contributed by atoms with Gasteiger partial charge < -0.3 is 5.32 Å². The molecular weight excluding hydrogens is 314 g/mol. The predicted octanol–water partition coefficient (Wildman–Crippen LogP) is 3.16. The van der Waals surface area contributed by atoms with Gasteiger partial charge in [-0.15, -0.1) is 0 Å². The van der Waals surface area contributed by atoms with Crippen LogP contribution in [-0.2, 0) is 6.54 Å². The molecule has 0 spiro atoms. The zero-order chi connectivity index (χ0) is 13.8. The van der Waals surface area contributed by atoms with Gasteiger partial charge in [0.1, 0.15) is 11.6 Å². The first kappa shape index (κ1) is 14.9. The molecule has 0 aromatic heterocycles. The number of hydrogen-bond acceptors (Lipinski definition) is 2. The largest absolute Gasteiger partial charge is 0.319 e. The molecule has 0 atom stereocenters. The van der Waals surface area contributed by atoms with E-state index in [9.17, 15) is 8.78 Å². The quantitative estimate of drug-likeness (QED) is 0.852. The highest BCUT2D eigenvalue weighted by molar-refractivity contribution is 9.10. The minimum absolute atomic E-state index is 0.168. The number of likely N-dealkylation sites (tertiary alicyclic amines) is 1. The van der Waals surface area contributed by atoms with Crippen molar-refractivity contribution in [1.29, 1.82) is 0 Å². The highest BCUT2D eigenvalue weighted by Gasteiger charge is 2.21. The average Bonchev–Trinajstić information content (AvgIpc) is 2.41. The molecule has 0 radical (unpaired) electrons. The lowest BCUT2D eigenvalue weighted by Gasteiger charge is -2.32. The maximum Gasteiger partial charge on any atom is 0.144 e. The Morgan fingerprint density at radius 3 is 2.63 bits per heavy atom. The summed E-state index contributed by atoms with van der Waals surface area (Å²) in [6, 6.07) is 2.73. The molecular formula is C14H19BrF2N2. The molecule has 1 fully saturated rings. The van der Waals surface area contributed by atoms with Gasteiger partial charge in [0.2, 0.25) is 0 Å². The van der Waals surface area contributed by atoms with Crippen molar-refractivity contribution >= 4 is 15.9 Å². The minimum atomic E-state index is -0.475. The van der Waals surface area contributed by atoms with Crippen LogP contribution in [0.2, 0.25) is 0 Å². The molecule has 1 aliphatic heterocycles. The van der Waals surface area contributed by atoms with Gasteiger partial charge in [-0.2, -0.15) is 0 Å². The van der Waals surface area contributed by atoms with Crippen molar-refractivity contribution in [3.8, 4) is 0 Å². The highest BCUT2D eigenvalue weighted by Crippen LogP contribution is 2.25. The van der Waals surface area contributed by atoms with Crippen molar-refractivity contribution < 1.29 is 8.78 Å². The maximum absolute atomic E-state index is 13.9. The lowest BCUT2D eigenvalue weighted by Crippen LogP contribution is -2.36. The molecule has 2 nitrogen and oxygen atoms in total. The van der Waals surface area contributed by atoms with Crippen LogP contribution >= 0.6 is 15.9 Å². The Bertz CT molecular complexity index is 432. The van der Waals surface area contributed by atoms with Crippen molar-refractivity contribution in [2.24, 2.45) is 5.92 Å². The van der Waals surface area contributed by atoms with Crippen LogP contribution in [0, 0.1) is 17.6 Å². The molecule has 19 heavy (non-hydrogen) atoms. The van der Waals surface area contributed by atoms with Crippen molar-refractivity contribution in [3.05, 3.63) is 33.8 Å². The summed E-state index contributed by atoms with van der Waals surface area (Å²) in [5.41, 5.74) is 0.168. The Morgan fingerprint density at radius 2 is 2.00 bits per heavy atom. The van der Waals surface area contributed by atoms with Crippen LogP contribution in [0.3, 0.4) is 0 Å². The van der Waals surface area contributed by atoms with Gasteiger partial charge in [-0.1, -0.05) is 0 Å². The maximum atomic E-state index is 13.9. The minimum Gasteiger partial charge on any atom is -0.319 e. The third kappa shape index (κ3) is 3.74. The molecule has 2 rings (SSSR count). The van der Waals surface area contributed by atoms with Crippen LogP contribution in [0.5, 0.6) is 0 Å². The summed E-state index contributed by atoms with van der Waals surface area (Å²) in [6.07, 6.45) is 2.16. The van der Waals surface area contributed by atoms with Crippen LogP contribution in [0.1, 0.15) is 18.4 Å². The summed E-state index contributed by atoms with van der Waals surface area (Å²) >= 11 is 3.11. The van der Waals surface area contributed by atoms with E-state index in [0.717, 1.165) is 32.5 Å². The predicted molar refractivity (Wildman–Crippen MR) is 76.0 cm³/mol. The van der Waals surface area contributed by atoms with Crippen LogP contribution < -0.4 is 5.32 Å². The van der Waals surface area contributed by atoms with E-state index in [1.807, 2.05) is 7.05 Å². The van der Waals surface area contributed by atoms with Gasteiger partial charge in [-0.05, 0) is 73.5 Å². The first-order valence-electron chi connectivity index (χ1n) is 6.61. The molecule has 0 saturated carbocycles. The van der Waals surface area contributed by atoms with Gasteiger partial charge in [-0.3, -0.25) is 4.90 Å². The standard InChI is InChI=1S/C14H19BrF2N2/c1-18-8-10-4-6-19(7-5-10)9-11-13(16)3-2-12(15)14(11)17/h2-3,10,18H,4-9H2,1H3. The molecule has 106 valence electrons. The van der Waals surface area contributed by atoms with E-state index in [0.29, 0.717) is 16.9 Å². The Balaban J connectivity index is 1.98. The molecule has 0 amide bonds. The van der Waals surface area contributed by atoms with E-state index >= 15 is 0 Å². The molecule has 1 N–H and O–H groups in total. The molecule has 5 heteroatoms. The SMILES string of the molecule is CNCC1CCN(Cc2c(F)ccc(Br)c2F)CC1. The van der Waals surface area contributed by atoms with E-state index in [1.54, 1.807) is 0 Å². The molecule has 1 aliphatic rings. The summed E-state index contributed by atoms with van der Waals surface area (Å²) in [5, 5.41) is 3.18. The number of nitrogens with one attached hydrogen (secondary N) is 1. The molecule has 0 aliphatic carbocycles. The average molecular weight is 333 g/mol. The number of halogens is 3. The number of rotatable bonds is 4. The van der Waals surface area contributed by atoms with Crippen molar-refractivity contribution in [1.82, 2.24) is 10.2 Å². The second-order valence-electron chi connectivity index (χ2n) is 5.10. The van der Waals surface area contributed by atoms with E-state index in [4.69, 9.17) is 0 Å². The van der Waals surface area contributed by atoms with Crippen LogP contribution in [0.25, 0.3) is 0 Å². The van der Waals surface area contributed by atoms with Crippen molar-refractivity contribution in [2.75, 3.05) is 26.7 Å². The van der Waals surface area contributed by atoms with E-state index in [2.05, 4.69) is 26.1 Å². The molecule has 1 heterocycles. The molecule has 1 aromatic carbocycles. The lowest BCUT2D eigenvalue weighted by molar-refractivity contribution is 0.173. The Hall–Kier alpha value is -0.520. The molecule has 1 aromatic rings. The topological polar surface area (TPSA) is 15.3 Å². The molecule has 0 unspecified atom stereocenters. The van der Waals surface area contributed by atoms with Gasteiger partial charge >= 0.3 is 0 Å². The van der Waals surface area contributed by atoms with Crippen LogP contribution in [-0.4, -0.2) is 31.6 Å². The number of hydrogen-bond donors (Lipinski definition) is 1. The van der Waals surface area contributed by atoms with Crippen molar-refractivity contribution in [2.45, 2.75) is 19.4 Å². The second kappa shape index (κ2) is 6.77. The Kier molecular flexibility index (Phi) is 5.30. The fourth-order valence-corrected chi connectivity index (χ4v) is 2.95. The van der Waals surface area contributed by atoms with E-state index in [-0.39, 0.29) is 5.56 Å². The Labute approximate surface area is 121 Å². The second-order valence-corrected chi connectivity index (χ2v) is 5.95.